The molecule has 260 valence electrons. The fourth-order valence-electron chi connectivity index (χ4n) is 9.41. The van der Waals surface area contributed by atoms with Gasteiger partial charge in [0.15, 0.2) is 0 Å². The molecule has 0 N–H and O–H groups in total. The molecule has 1 aromatic heterocycles. The molecule has 0 spiro atoms. The number of hydrogen-bond acceptors (Lipinski definition) is 1. The van der Waals surface area contributed by atoms with Gasteiger partial charge < -0.3 is 4.42 Å². The van der Waals surface area contributed by atoms with Crippen LogP contribution in [0.5, 0.6) is 0 Å². The van der Waals surface area contributed by atoms with Crippen LogP contribution in [0.4, 0.5) is 0 Å². The molecular formula is C54H38O. The van der Waals surface area contributed by atoms with Gasteiger partial charge in [0, 0.05) is 20.4 Å². The van der Waals surface area contributed by atoms with Gasteiger partial charge in [0.2, 0.25) is 0 Å². The molecule has 0 amide bonds. The first-order valence-corrected chi connectivity index (χ1v) is 19.0. The van der Waals surface area contributed by atoms with Crippen molar-refractivity contribution in [2.45, 2.75) is 0 Å². The Balaban J connectivity index is 0.00000145. The number of hydrogen-bond donors (Lipinski definition) is 0. The van der Waals surface area contributed by atoms with Crippen LogP contribution >= 0.6 is 0 Å². The molecule has 1 heterocycles. The van der Waals surface area contributed by atoms with E-state index in [1.54, 1.807) is 0 Å². The van der Waals surface area contributed by atoms with Crippen LogP contribution in [-0.4, -0.2) is 0 Å². The van der Waals surface area contributed by atoms with Gasteiger partial charge in [-0.1, -0.05) is 176 Å². The van der Waals surface area contributed by atoms with Crippen LogP contribution < -0.4 is 0 Å². The molecule has 12 rings (SSSR count). The lowest BCUT2D eigenvalue weighted by molar-refractivity contribution is 0.673. The molecule has 0 saturated carbocycles. The highest BCUT2D eigenvalue weighted by Crippen LogP contribution is 2.49. The summed E-state index contributed by atoms with van der Waals surface area (Å²) >= 11 is 0. The first kappa shape index (κ1) is 30.3. The summed E-state index contributed by atoms with van der Waals surface area (Å²) in [6, 6.07) is 71.1. The summed E-state index contributed by atoms with van der Waals surface area (Å²) in [5.41, 5.74) is 9.34. The molecule has 11 aromatic carbocycles. The second kappa shape index (κ2) is 11.6. The van der Waals surface area contributed by atoms with E-state index in [0.717, 1.165) is 27.3 Å². The van der Waals surface area contributed by atoms with E-state index in [2.05, 4.69) is 194 Å². The normalized spacial score (nSPS) is 12.0. The van der Waals surface area contributed by atoms with E-state index in [-0.39, 0.29) is 4.28 Å². The molecular weight excluding hydrogens is 665 g/mol. The van der Waals surface area contributed by atoms with Crippen molar-refractivity contribution < 1.29 is 8.70 Å². The smallest absolute Gasteiger partial charge is 0.143 e. The third-order valence-electron chi connectivity index (χ3n) is 11.8. The molecule has 1 heteroatoms. The highest BCUT2D eigenvalue weighted by atomic mass is 16.3. The predicted octanol–water partition coefficient (Wildman–Crippen LogP) is 16.2. The van der Waals surface area contributed by atoms with Gasteiger partial charge in [0.05, 0.1) is 0 Å². The second-order valence-corrected chi connectivity index (χ2v) is 14.7. The lowest BCUT2D eigenvalue weighted by Crippen LogP contribution is -1.93. The standard InChI is InChI=1S/C54H32O.3H2/c1-2-16-35-31-51-49(30-34(35)15-1)50-32-48(39-21-7-12-26-47(39)54(50)55-51)40-28-29-46(38-20-6-5-19-37(38)40)53-44-24-10-8-22-42(44)52(43-23-9-11-25-45(43)53)41-27-13-17-33-14-3-4-18-36(33)41;;;/h1-32H;3*1H. The highest BCUT2D eigenvalue weighted by molar-refractivity contribution is 6.27. The summed E-state index contributed by atoms with van der Waals surface area (Å²) in [7, 11) is 0. The Labute approximate surface area is 321 Å². The van der Waals surface area contributed by atoms with Crippen molar-refractivity contribution >= 4 is 86.6 Å². The molecule has 0 saturated heterocycles. The zero-order chi connectivity index (χ0) is 36.0. The molecule has 0 aliphatic rings. The van der Waals surface area contributed by atoms with Gasteiger partial charge in [-0.15, -0.1) is 0 Å². The topological polar surface area (TPSA) is 13.1 Å². The summed E-state index contributed by atoms with van der Waals surface area (Å²) < 4.78 is 6.68. The van der Waals surface area contributed by atoms with Gasteiger partial charge in [0.1, 0.15) is 11.2 Å². The van der Waals surface area contributed by atoms with Crippen LogP contribution in [0.3, 0.4) is 0 Å². The van der Waals surface area contributed by atoms with E-state index in [1.807, 2.05) is 0 Å². The Morgan fingerprint density at radius 1 is 0.255 bits per heavy atom. The van der Waals surface area contributed by atoms with Crippen molar-refractivity contribution in [1.29, 1.82) is 0 Å². The molecule has 12 aromatic rings. The Morgan fingerprint density at radius 2 is 0.691 bits per heavy atom. The Hall–Kier alpha value is -7.22. The molecule has 0 fully saturated rings. The molecule has 55 heavy (non-hydrogen) atoms. The Kier molecular flexibility index (Phi) is 6.40. The second-order valence-electron chi connectivity index (χ2n) is 14.7. The molecule has 0 unspecified atom stereocenters. The number of rotatable bonds is 3. The third kappa shape index (κ3) is 4.41. The van der Waals surface area contributed by atoms with Crippen LogP contribution in [0.15, 0.2) is 199 Å². The first-order valence-electron chi connectivity index (χ1n) is 19.0. The number of fused-ring (bicyclic) bond motifs is 10. The van der Waals surface area contributed by atoms with Crippen molar-refractivity contribution in [2.24, 2.45) is 0 Å². The van der Waals surface area contributed by atoms with Gasteiger partial charge in [-0.2, -0.15) is 0 Å². The zero-order valence-electron chi connectivity index (χ0n) is 29.9. The Bertz CT molecular complexity index is 3500. The quantitative estimate of drug-likeness (QED) is 0.167. The lowest BCUT2D eigenvalue weighted by atomic mass is 9.82. The largest absolute Gasteiger partial charge is 0.455 e. The van der Waals surface area contributed by atoms with E-state index in [0.29, 0.717) is 0 Å². The van der Waals surface area contributed by atoms with Crippen LogP contribution in [0.25, 0.3) is 120 Å². The summed E-state index contributed by atoms with van der Waals surface area (Å²) in [6.07, 6.45) is 0. The minimum atomic E-state index is 0. The maximum Gasteiger partial charge on any atom is 0.143 e. The predicted molar refractivity (Wildman–Crippen MR) is 241 cm³/mol. The SMILES string of the molecule is [HH].[HH].[HH].c1ccc2cc3c(cc2c1)oc1c2ccccc2c(-c2ccc(-c4c5ccccc5c(-c5cccc6ccccc56)c5ccccc45)c4ccccc24)cc31. The fourth-order valence-corrected chi connectivity index (χ4v) is 9.41. The fraction of sp³-hybridized carbons (Fsp3) is 0. The number of furan rings is 1. The van der Waals surface area contributed by atoms with E-state index in [4.69, 9.17) is 4.42 Å². The summed E-state index contributed by atoms with van der Waals surface area (Å²) in [5.74, 6) is 0. The van der Waals surface area contributed by atoms with Crippen LogP contribution in [-0.2, 0) is 0 Å². The molecule has 0 atom stereocenters. The maximum absolute atomic E-state index is 6.68. The average Bonchev–Trinajstić information content (AvgIpc) is 3.61. The van der Waals surface area contributed by atoms with Crippen LogP contribution in [0, 0.1) is 0 Å². The minimum absolute atomic E-state index is 0. The van der Waals surface area contributed by atoms with E-state index in [9.17, 15) is 0 Å². The first-order chi connectivity index (χ1) is 27.3. The van der Waals surface area contributed by atoms with Gasteiger partial charge >= 0.3 is 0 Å². The summed E-state index contributed by atoms with van der Waals surface area (Å²) in [4.78, 5) is 0. The van der Waals surface area contributed by atoms with Crippen LogP contribution in [0.2, 0.25) is 0 Å². The van der Waals surface area contributed by atoms with Crippen molar-refractivity contribution in [2.75, 3.05) is 0 Å². The van der Waals surface area contributed by atoms with Gasteiger partial charge in [0.25, 0.3) is 0 Å². The van der Waals surface area contributed by atoms with Gasteiger partial charge in [-0.3, -0.25) is 0 Å². The van der Waals surface area contributed by atoms with E-state index < -0.39 is 0 Å². The molecule has 0 bridgehead atoms. The lowest BCUT2D eigenvalue weighted by Gasteiger charge is -2.20. The van der Waals surface area contributed by atoms with Crippen molar-refractivity contribution in [3.63, 3.8) is 0 Å². The third-order valence-corrected chi connectivity index (χ3v) is 11.8. The van der Waals surface area contributed by atoms with E-state index >= 15 is 0 Å². The highest BCUT2D eigenvalue weighted by Gasteiger charge is 2.21. The van der Waals surface area contributed by atoms with Gasteiger partial charge in [-0.05, 0) is 111 Å². The molecule has 0 aliphatic carbocycles. The maximum atomic E-state index is 6.68. The monoisotopic (exact) mass is 702 g/mol. The van der Waals surface area contributed by atoms with Gasteiger partial charge in [-0.25, -0.2) is 0 Å². The zero-order valence-corrected chi connectivity index (χ0v) is 29.9. The van der Waals surface area contributed by atoms with Crippen molar-refractivity contribution in [3.05, 3.63) is 194 Å². The number of benzene rings is 11. The molecule has 1 nitrogen and oxygen atoms in total. The summed E-state index contributed by atoms with van der Waals surface area (Å²) in [5, 5.41) is 17.0. The van der Waals surface area contributed by atoms with Crippen molar-refractivity contribution in [1.82, 2.24) is 0 Å². The molecule has 0 radical (unpaired) electrons. The molecule has 0 aliphatic heterocycles. The van der Waals surface area contributed by atoms with Crippen LogP contribution in [0.1, 0.15) is 4.28 Å². The summed E-state index contributed by atoms with van der Waals surface area (Å²) in [6.45, 7) is 0. The Morgan fingerprint density at radius 3 is 1.33 bits per heavy atom. The van der Waals surface area contributed by atoms with Crippen molar-refractivity contribution in [3.8, 4) is 33.4 Å². The average molecular weight is 703 g/mol. The van der Waals surface area contributed by atoms with E-state index in [1.165, 1.54) is 92.6 Å². The minimum Gasteiger partial charge on any atom is -0.455 e.